The van der Waals surface area contributed by atoms with Gasteiger partial charge in [-0.15, -0.1) is 10.2 Å². The van der Waals surface area contributed by atoms with Gasteiger partial charge in [-0.2, -0.15) is 0 Å². The Kier molecular flexibility index (Phi) is 8.23. The van der Waals surface area contributed by atoms with E-state index in [0.717, 1.165) is 5.56 Å². The van der Waals surface area contributed by atoms with Crippen molar-refractivity contribution in [3.05, 3.63) is 59.9 Å². The Labute approximate surface area is 216 Å². The number of nitrogens with zero attached hydrogens (tertiary/aromatic N) is 4. The quantitative estimate of drug-likeness (QED) is 0.454. The van der Waals surface area contributed by atoms with E-state index < -0.39 is 11.4 Å². The van der Waals surface area contributed by atoms with Gasteiger partial charge < -0.3 is 14.8 Å². The molecule has 36 heavy (non-hydrogen) atoms. The summed E-state index contributed by atoms with van der Waals surface area (Å²) in [7, 11) is 1.86. The van der Waals surface area contributed by atoms with Crippen molar-refractivity contribution in [3.8, 4) is 11.4 Å². The Balaban J connectivity index is 1.75. The summed E-state index contributed by atoms with van der Waals surface area (Å²) in [6.45, 7) is 11.9. The zero-order valence-corrected chi connectivity index (χ0v) is 22.7. The van der Waals surface area contributed by atoms with Crippen molar-refractivity contribution in [1.29, 1.82) is 0 Å². The van der Waals surface area contributed by atoms with Crippen LogP contribution >= 0.6 is 11.8 Å². The van der Waals surface area contributed by atoms with Crippen LogP contribution in [0.1, 0.15) is 47.1 Å². The Morgan fingerprint density at radius 1 is 0.972 bits per heavy atom. The second-order valence-electron chi connectivity index (χ2n) is 10.7. The lowest BCUT2D eigenvalue weighted by Crippen LogP contribution is -2.47. The average Bonchev–Trinajstić information content (AvgIpc) is 3.15. The zero-order chi connectivity index (χ0) is 26.7. The van der Waals surface area contributed by atoms with Crippen LogP contribution < -0.4 is 10.2 Å². The number of benzene rings is 2. The number of aromatic nitrogens is 3. The monoisotopic (exact) mass is 511 g/mol. The number of anilines is 1. The van der Waals surface area contributed by atoms with Gasteiger partial charge in [-0.3, -0.25) is 9.59 Å². The molecule has 0 radical (unpaired) electrons. The Morgan fingerprint density at radius 2 is 1.58 bits per heavy atom. The van der Waals surface area contributed by atoms with Gasteiger partial charge >= 0.3 is 0 Å². The van der Waals surface area contributed by atoms with Gasteiger partial charge in [-0.25, -0.2) is 4.39 Å². The van der Waals surface area contributed by atoms with Crippen molar-refractivity contribution in [2.75, 3.05) is 17.2 Å². The van der Waals surface area contributed by atoms with Crippen LogP contribution in [0.5, 0.6) is 0 Å². The summed E-state index contributed by atoms with van der Waals surface area (Å²) in [5, 5.41) is 12.0. The minimum atomic E-state index is -0.441. The molecule has 0 unspecified atom stereocenters. The maximum Gasteiger partial charge on any atom is 0.240 e. The highest BCUT2D eigenvalue weighted by Gasteiger charge is 2.23. The minimum Gasteiger partial charge on any atom is -0.350 e. The first-order chi connectivity index (χ1) is 16.7. The van der Waals surface area contributed by atoms with E-state index in [-0.39, 0.29) is 29.5 Å². The van der Waals surface area contributed by atoms with Crippen molar-refractivity contribution in [2.45, 2.75) is 57.7 Å². The van der Waals surface area contributed by atoms with Gasteiger partial charge in [0.1, 0.15) is 12.4 Å². The van der Waals surface area contributed by atoms with E-state index in [1.54, 1.807) is 0 Å². The number of thioether (sulfide) groups is 1. The predicted molar refractivity (Wildman–Crippen MR) is 143 cm³/mol. The van der Waals surface area contributed by atoms with Gasteiger partial charge in [0, 0.05) is 23.8 Å². The van der Waals surface area contributed by atoms with Gasteiger partial charge in [0.05, 0.1) is 5.75 Å². The van der Waals surface area contributed by atoms with Crippen LogP contribution in [0.15, 0.2) is 53.7 Å². The van der Waals surface area contributed by atoms with E-state index in [1.165, 1.54) is 46.5 Å². The smallest absolute Gasteiger partial charge is 0.240 e. The van der Waals surface area contributed by atoms with Crippen LogP contribution in [-0.2, 0) is 22.1 Å². The van der Waals surface area contributed by atoms with Gasteiger partial charge in [0.2, 0.25) is 11.8 Å². The van der Waals surface area contributed by atoms with E-state index in [9.17, 15) is 14.0 Å². The number of carbonyl (C=O) groups is 2. The summed E-state index contributed by atoms with van der Waals surface area (Å²) in [6, 6.07) is 13.7. The van der Waals surface area contributed by atoms with E-state index in [2.05, 4.69) is 48.4 Å². The Bertz CT molecular complexity index is 1210. The highest BCUT2D eigenvalue weighted by atomic mass is 32.2. The number of carbonyl (C=O) groups excluding carboxylic acids is 2. The van der Waals surface area contributed by atoms with Crippen LogP contribution in [0, 0.1) is 5.82 Å². The number of hydrogen-bond acceptors (Lipinski definition) is 5. The summed E-state index contributed by atoms with van der Waals surface area (Å²) in [5.41, 5.74) is 2.22. The largest absolute Gasteiger partial charge is 0.350 e. The summed E-state index contributed by atoms with van der Waals surface area (Å²) >= 11 is 1.24. The van der Waals surface area contributed by atoms with E-state index in [0.29, 0.717) is 16.7 Å². The van der Waals surface area contributed by atoms with Crippen LogP contribution in [0.2, 0.25) is 0 Å². The van der Waals surface area contributed by atoms with E-state index >= 15 is 0 Å². The third kappa shape index (κ3) is 7.16. The van der Waals surface area contributed by atoms with Crippen LogP contribution in [0.4, 0.5) is 10.1 Å². The van der Waals surface area contributed by atoms with Crippen LogP contribution in [-0.4, -0.2) is 44.4 Å². The molecule has 1 heterocycles. The average molecular weight is 512 g/mol. The summed E-state index contributed by atoms with van der Waals surface area (Å²) in [4.78, 5) is 27.1. The molecule has 2 aromatic carbocycles. The van der Waals surface area contributed by atoms with Gasteiger partial charge in [-0.1, -0.05) is 56.8 Å². The first kappa shape index (κ1) is 27.4. The maximum atomic E-state index is 13.5. The fourth-order valence-electron chi connectivity index (χ4n) is 3.56. The van der Waals surface area contributed by atoms with Gasteiger partial charge in [0.25, 0.3) is 0 Å². The zero-order valence-electron chi connectivity index (χ0n) is 21.9. The highest BCUT2D eigenvalue weighted by molar-refractivity contribution is 7.99. The molecule has 0 fully saturated rings. The number of halogens is 1. The molecule has 0 saturated carbocycles. The second-order valence-corrected chi connectivity index (χ2v) is 11.7. The van der Waals surface area contributed by atoms with Crippen molar-refractivity contribution in [2.24, 2.45) is 7.05 Å². The van der Waals surface area contributed by atoms with Gasteiger partial charge in [0.15, 0.2) is 11.0 Å². The van der Waals surface area contributed by atoms with Crippen LogP contribution in [0.3, 0.4) is 0 Å². The number of amides is 2. The molecule has 0 bridgehead atoms. The number of nitrogens with one attached hydrogen (secondary N) is 1. The Morgan fingerprint density at radius 3 is 2.14 bits per heavy atom. The molecule has 0 aliphatic carbocycles. The van der Waals surface area contributed by atoms with Gasteiger partial charge in [-0.05, 0) is 56.0 Å². The molecule has 2 amide bonds. The number of hydrogen-bond donors (Lipinski definition) is 1. The lowest BCUT2D eigenvalue weighted by molar-refractivity contribution is -0.123. The fourth-order valence-corrected chi connectivity index (χ4v) is 4.35. The van der Waals surface area contributed by atoms with E-state index in [4.69, 9.17) is 0 Å². The second kappa shape index (κ2) is 10.8. The SMILES string of the molecule is Cn1c(SCC(=O)N(CC(=O)NC(C)(C)C)c2ccc(F)cc2)nnc1-c1ccc(C(C)(C)C)cc1. The van der Waals surface area contributed by atoms with Crippen molar-refractivity contribution >= 4 is 29.3 Å². The molecule has 3 aromatic rings. The van der Waals surface area contributed by atoms with Crippen molar-refractivity contribution in [3.63, 3.8) is 0 Å². The summed E-state index contributed by atoms with van der Waals surface area (Å²) in [6.07, 6.45) is 0. The molecule has 192 valence electrons. The molecule has 1 N–H and O–H groups in total. The van der Waals surface area contributed by atoms with Crippen molar-refractivity contribution in [1.82, 2.24) is 20.1 Å². The molecule has 0 aliphatic rings. The first-order valence-corrected chi connectivity index (χ1v) is 12.7. The molecular weight excluding hydrogens is 477 g/mol. The highest BCUT2D eigenvalue weighted by Crippen LogP contribution is 2.27. The first-order valence-electron chi connectivity index (χ1n) is 11.7. The normalized spacial score (nSPS) is 11.9. The molecule has 0 atom stereocenters. The van der Waals surface area contributed by atoms with Crippen LogP contribution in [0.25, 0.3) is 11.4 Å². The molecule has 3 rings (SSSR count). The third-order valence-corrected chi connectivity index (χ3v) is 6.43. The fraction of sp³-hybridized carbons (Fsp3) is 0.407. The minimum absolute atomic E-state index is 0.0368. The maximum absolute atomic E-state index is 13.5. The van der Waals surface area contributed by atoms with Crippen molar-refractivity contribution < 1.29 is 14.0 Å². The molecule has 0 aliphatic heterocycles. The number of rotatable bonds is 7. The summed E-state index contributed by atoms with van der Waals surface area (Å²) in [5.74, 6) is -0.276. The molecular formula is C27H34FN5O2S. The van der Waals surface area contributed by atoms with E-state index in [1.807, 2.05) is 44.5 Å². The summed E-state index contributed by atoms with van der Waals surface area (Å²) < 4.78 is 15.3. The molecule has 0 spiro atoms. The Hall–Kier alpha value is -3.20. The molecule has 1 aromatic heterocycles. The topological polar surface area (TPSA) is 80.1 Å². The standard InChI is InChI=1S/C27H34FN5O2S/c1-26(2,3)19-10-8-18(9-11-19)24-30-31-25(32(24)7)36-17-23(35)33(16-22(34)29-27(4,5)6)21-14-12-20(28)13-15-21/h8-15H,16-17H2,1-7H3,(H,29,34). The predicted octanol–water partition coefficient (Wildman–Crippen LogP) is 4.96. The lowest BCUT2D eigenvalue weighted by Gasteiger charge is -2.26. The molecule has 0 saturated heterocycles. The molecule has 9 heteroatoms. The lowest BCUT2D eigenvalue weighted by atomic mass is 9.87. The third-order valence-electron chi connectivity index (χ3n) is 5.42. The molecule has 7 nitrogen and oxygen atoms in total.